The van der Waals surface area contributed by atoms with Crippen LogP contribution in [0.5, 0.6) is 0 Å². The van der Waals surface area contributed by atoms with Crippen molar-refractivity contribution < 1.29 is 0 Å². The number of nitrogen functional groups attached to an aromatic ring is 1. The normalized spacial score (nSPS) is 10.4. The minimum atomic E-state index is 0.538. The molecule has 3 nitrogen and oxygen atoms in total. The van der Waals surface area contributed by atoms with Crippen molar-refractivity contribution in [1.82, 2.24) is 9.97 Å². The van der Waals surface area contributed by atoms with Crippen molar-refractivity contribution in [3.63, 3.8) is 0 Å². The summed E-state index contributed by atoms with van der Waals surface area (Å²) in [6.45, 7) is 2.12. The van der Waals surface area contributed by atoms with Gasteiger partial charge in [-0.15, -0.1) is 11.3 Å². The predicted octanol–water partition coefficient (Wildman–Crippen LogP) is 2.35. The van der Waals surface area contributed by atoms with Crippen LogP contribution in [-0.2, 0) is 6.42 Å². The summed E-state index contributed by atoms with van der Waals surface area (Å²) in [6.07, 6.45) is 2.91. The molecule has 0 atom stereocenters. The first-order valence-corrected chi connectivity index (χ1v) is 5.29. The minimum Gasteiger partial charge on any atom is -0.384 e. The average Bonchev–Trinajstić information content (AvgIpc) is 2.66. The van der Waals surface area contributed by atoms with Crippen molar-refractivity contribution in [2.75, 3.05) is 5.73 Å². The van der Waals surface area contributed by atoms with Crippen molar-refractivity contribution in [3.8, 4) is 10.7 Å². The first-order valence-electron chi connectivity index (χ1n) is 4.47. The summed E-state index contributed by atoms with van der Waals surface area (Å²) in [7, 11) is 0. The lowest BCUT2D eigenvalue weighted by Gasteiger charge is -1.95. The van der Waals surface area contributed by atoms with Crippen molar-refractivity contribution in [1.29, 1.82) is 0 Å². The Balaban J connectivity index is 2.39. The molecule has 0 aromatic carbocycles. The van der Waals surface area contributed by atoms with Gasteiger partial charge in [-0.1, -0.05) is 13.0 Å². The highest BCUT2D eigenvalue weighted by Gasteiger charge is 2.04. The number of nitrogens with zero attached hydrogens (tertiary/aromatic N) is 2. The van der Waals surface area contributed by atoms with E-state index in [0.717, 1.165) is 17.1 Å². The number of aryl methyl sites for hydroxylation is 1. The van der Waals surface area contributed by atoms with Crippen LogP contribution in [-0.4, -0.2) is 9.97 Å². The number of anilines is 1. The number of nitrogens with two attached hydrogens (primary N) is 1. The van der Waals surface area contributed by atoms with E-state index in [-0.39, 0.29) is 0 Å². The van der Waals surface area contributed by atoms with E-state index in [0.29, 0.717) is 5.82 Å². The first-order chi connectivity index (χ1) is 6.79. The number of thiazole rings is 1. The fraction of sp³-hybridized carbons (Fsp3) is 0.200. The Bertz CT molecular complexity index is 436. The van der Waals surface area contributed by atoms with Gasteiger partial charge in [-0.2, -0.15) is 0 Å². The Morgan fingerprint density at radius 2 is 2.29 bits per heavy atom. The van der Waals surface area contributed by atoms with Crippen LogP contribution < -0.4 is 5.73 Å². The molecule has 2 aromatic rings. The molecule has 72 valence electrons. The van der Waals surface area contributed by atoms with Crippen LogP contribution in [0.3, 0.4) is 0 Å². The highest BCUT2D eigenvalue weighted by molar-refractivity contribution is 7.14. The predicted molar refractivity (Wildman–Crippen MR) is 59.1 cm³/mol. The van der Waals surface area contributed by atoms with Crippen LogP contribution in [0.1, 0.15) is 11.8 Å². The molecule has 0 bridgehead atoms. The van der Waals surface area contributed by atoms with Gasteiger partial charge in [-0.25, -0.2) is 9.97 Å². The van der Waals surface area contributed by atoms with E-state index in [9.17, 15) is 0 Å². The van der Waals surface area contributed by atoms with Gasteiger partial charge in [0.25, 0.3) is 0 Å². The summed E-state index contributed by atoms with van der Waals surface area (Å²) in [5, 5.41) is 0.939. The number of pyridine rings is 1. The zero-order valence-electron chi connectivity index (χ0n) is 7.90. The fourth-order valence-corrected chi connectivity index (χ4v) is 1.98. The molecule has 0 amide bonds. The Kier molecular flexibility index (Phi) is 2.45. The van der Waals surface area contributed by atoms with Gasteiger partial charge in [0, 0.05) is 11.1 Å². The molecular weight excluding hydrogens is 194 g/mol. The Morgan fingerprint density at radius 1 is 1.43 bits per heavy atom. The van der Waals surface area contributed by atoms with Gasteiger partial charge >= 0.3 is 0 Å². The van der Waals surface area contributed by atoms with Crippen molar-refractivity contribution in [2.45, 2.75) is 13.3 Å². The Hall–Kier alpha value is -1.42. The SMILES string of the molecule is CCc1cnc(-c2cccc(N)n2)s1. The van der Waals surface area contributed by atoms with Gasteiger partial charge in [0.1, 0.15) is 16.5 Å². The van der Waals surface area contributed by atoms with E-state index in [2.05, 4.69) is 16.9 Å². The van der Waals surface area contributed by atoms with E-state index < -0.39 is 0 Å². The standard InChI is InChI=1S/C10H11N3S/c1-2-7-6-12-10(14-7)8-4-3-5-9(11)13-8/h3-6H,2H2,1H3,(H2,11,13). The monoisotopic (exact) mass is 205 g/mol. The van der Waals surface area contributed by atoms with Crippen LogP contribution in [0.2, 0.25) is 0 Å². The van der Waals surface area contributed by atoms with Crippen LogP contribution in [0.25, 0.3) is 10.7 Å². The second-order valence-electron chi connectivity index (χ2n) is 2.93. The first kappa shape index (κ1) is 9.15. The summed E-state index contributed by atoms with van der Waals surface area (Å²) in [5.74, 6) is 0.538. The molecule has 14 heavy (non-hydrogen) atoms. The summed E-state index contributed by atoms with van der Waals surface area (Å²) in [4.78, 5) is 9.78. The van der Waals surface area contributed by atoms with Crippen molar-refractivity contribution in [2.24, 2.45) is 0 Å². The molecule has 0 saturated heterocycles. The summed E-state index contributed by atoms with van der Waals surface area (Å²) in [5.41, 5.74) is 6.46. The quantitative estimate of drug-likeness (QED) is 0.818. The molecule has 0 unspecified atom stereocenters. The van der Waals surface area contributed by atoms with Gasteiger partial charge in [0.2, 0.25) is 0 Å². The second kappa shape index (κ2) is 3.75. The maximum absolute atomic E-state index is 5.60. The lowest BCUT2D eigenvalue weighted by atomic mass is 10.3. The summed E-state index contributed by atoms with van der Waals surface area (Å²) >= 11 is 1.67. The van der Waals surface area contributed by atoms with Crippen LogP contribution >= 0.6 is 11.3 Å². The van der Waals surface area contributed by atoms with Gasteiger partial charge in [0.15, 0.2) is 0 Å². The lowest BCUT2D eigenvalue weighted by molar-refractivity contribution is 1.17. The molecule has 0 aliphatic rings. The van der Waals surface area contributed by atoms with E-state index in [1.165, 1.54) is 4.88 Å². The smallest absolute Gasteiger partial charge is 0.142 e. The highest BCUT2D eigenvalue weighted by atomic mass is 32.1. The van der Waals surface area contributed by atoms with Gasteiger partial charge in [-0.05, 0) is 18.6 Å². The van der Waals surface area contributed by atoms with Crippen molar-refractivity contribution in [3.05, 3.63) is 29.3 Å². The third-order valence-corrected chi connectivity index (χ3v) is 3.06. The van der Waals surface area contributed by atoms with Crippen LogP contribution in [0.15, 0.2) is 24.4 Å². The minimum absolute atomic E-state index is 0.538. The van der Waals surface area contributed by atoms with Crippen LogP contribution in [0.4, 0.5) is 5.82 Å². The zero-order chi connectivity index (χ0) is 9.97. The molecular formula is C10H11N3S. The third kappa shape index (κ3) is 1.75. The molecule has 0 spiro atoms. The highest BCUT2D eigenvalue weighted by Crippen LogP contribution is 2.23. The van der Waals surface area contributed by atoms with Gasteiger partial charge < -0.3 is 5.73 Å². The number of hydrogen-bond donors (Lipinski definition) is 1. The molecule has 2 heterocycles. The van der Waals surface area contributed by atoms with Crippen molar-refractivity contribution >= 4 is 17.2 Å². The summed E-state index contributed by atoms with van der Waals surface area (Å²) in [6, 6.07) is 5.59. The average molecular weight is 205 g/mol. The maximum Gasteiger partial charge on any atom is 0.142 e. The molecule has 0 aliphatic heterocycles. The largest absolute Gasteiger partial charge is 0.384 e. The zero-order valence-corrected chi connectivity index (χ0v) is 8.71. The van der Waals surface area contributed by atoms with E-state index in [4.69, 9.17) is 5.73 Å². The van der Waals surface area contributed by atoms with Gasteiger partial charge in [-0.3, -0.25) is 0 Å². The number of aromatic nitrogens is 2. The molecule has 0 aliphatic carbocycles. The van der Waals surface area contributed by atoms with E-state index >= 15 is 0 Å². The molecule has 2 aromatic heterocycles. The fourth-order valence-electron chi connectivity index (χ4n) is 1.16. The topological polar surface area (TPSA) is 51.8 Å². The Labute approximate surface area is 86.6 Å². The van der Waals surface area contributed by atoms with E-state index in [1.807, 2.05) is 18.3 Å². The lowest BCUT2D eigenvalue weighted by Crippen LogP contribution is -1.90. The third-order valence-electron chi connectivity index (χ3n) is 1.89. The van der Waals surface area contributed by atoms with Gasteiger partial charge in [0.05, 0.1) is 0 Å². The molecule has 2 rings (SSSR count). The maximum atomic E-state index is 5.60. The summed E-state index contributed by atoms with van der Waals surface area (Å²) < 4.78 is 0. The van der Waals surface area contributed by atoms with Crippen LogP contribution in [0, 0.1) is 0 Å². The number of hydrogen-bond acceptors (Lipinski definition) is 4. The Morgan fingerprint density at radius 3 is 2.93 bits per heavy atom. The molecule has 0 fully saturated rings. The molecule has 4 heteroatoms. The molecule has 2 N–H and O–H groups in total. The number of rotatable bonds is 2. The molecule has 0 radical (unpaired) electrons. The second-order valence-corrected chi connectivity index (χ2v) is 4.05. The molecule has 0 saturated carbocycles. The van der Waals surface area contributed by atoms with E-state index in [1.54, 1.807) is 17.4 Å².